The van der Waals surface area contributed by atoms with Crippen molar-refractivity contribution in [2.75, 3.05) is 11.5 Å². The largest absolute Gasteiger partial charge is 0.465 e. The summed E-state index contributed by atoms with van der Waals surface area (Å²) in [4.78, 5) is 21.1. The summed E-state index contributed by atoms with van der Waals surface area (Å²) in [5.41, 5.74) is 7.26. The summed E-state index contributed by atoms with van der Waals surface area (Å²) in [7, 11) is 0. The first-order valence-corrected chi connectivity index (χ1v) is 11.7. The normalized spacial score (nSPS) is 19.9. The lowest BCUT2D eigenvalue weighted by Gasteiger charge is -2.24. The predicted molar refractivity (Wildman–Crippen MR) is 128 cm³/mol. The zero-order valence-electron chi connectivity index (χ0n) is 18.4. The average Bonchev–Trinajstić information content (AvgIpc) is 3.19. The standard InChI is InChI=1S/C23H27ClN4O2S/c1-12(2)11-30-19(29)10-18-22-27-26-15(5)28(22)23-20(13(3)14(4)31-23)21(25-18)16-6-8-17(24)9-7-16/h6-9,12,15,18,26H,10-11H2,1-5H3. The quantitative estimate of drug-likeness (QED) is 0.647. The lowest BCUT2D eigenvalue weighted by Crippen LogP contribution is -2.42. The van der Waals surface area contributed by atoms with Crippen LogP contribution in [0.25, 0.3) is 0 Å². The molecule has 0 saturated heterocycles. The Bertz CT molecular complexity index is 1060. The van der Waals surface area contributed by atoms with Gasteiger partial charge in [-0.05, 0) is 44.4 Å². The molecular formula is C23H27ClN4O2S. The maximum atomic E-state index is 12.6. The molecule has 1 aromatic carbocycles. The molecular weight excluding hydrogens is 432 g/mol. The van der Waals surface area contributed by atoms with Crippen molar-refractivity contribution in [3.63, 3.8) is 0 Å². The molecule has 2 aliphatic rings. The number of ether oxygens (including phenoxy) is 1. The van der Waals surface area contributed by atoms with E-state index in [9.17, 15) is 4.79 Å². The number of halogens is 1. The molecule has 0 aliphatic carbocycles. The van der Waals surface area contributed by atoms with E-state index < -0.39 is 6.04 Å². The van der Waals surface area contributed by atoms with Crippen LogP contribution in [0.3, 0.4) is 0 Å². The maximum Gasteiger partial charge on any atom is 0.308 e. The number of fused-ring (bicyclic) bond motifs is 3. The third-order valence-corrected chi connectivity index (χ3v) is 6.92. The molecule has 0 radical (unpaired) electrons. The molecule has 4 rings (SSSR count). The van der Waals surface area contributed by atoms with Gasteiger partial charge < -0.3 is 4.74 Å². The van der Waals surface area contributed by atoms with Crippen molar-refractivity contribution in [2.45, 2.75) is 53.2 Å². The van der Waals surface area contributed by atoms with Crippen molar-refractivity contribution in [1.29, 1.82) is 0 Å². The highest BCUT2D eigenvalue weighted by Gasteiger charge is 2.39. The number of esters is 1. The second-order valence-electron chi connectivity index (χ2n) is 8.39. The van der Waals surface area contributed by atoms with Crippen molar-refractivity contribution in [3.8, 4) is 0 Å². The van der Waals surface area contributed by atoms with Crippen LogP contribution < -0.4 is 10.3 Å². The maximum absolute atomic E-state index is 12.6. The van der Waals surface area contributed by atoms with Gasteiger partial charge in [-0.1, -0.05) is 37.6 Å². The zero-order chi connectivity index (χ0) is 22.3. The molecule has 1 aromatic heterocycles. The molecule has 2 aliphatic heterocycles. The van der Waals surface area contributed by atoms with Gasteiger partial charge in [-0.25, -0.2) is 0 Å². The Labute approximate surface area is 192 Å². The Morgan fingerprint density at radius 1 is 1.29 bits per heavy atom. The molecule has 0 saturated carbocycles. The van der Waals surface area contributed by atoms with Crippen LogP contribution in [0.5, 0.6) is 0 Å². The number of hydrogen-bond donors (Lipinski definition) is 1. The number of nitrogens with one attached hydrogen (secondary N) is 1. The molecule has 31 heavy (non-hydrogen) atoms. The summed E-state index contributed by atoms with van der Waals surface area (Å²) in [5.74, 6) is 0.768. The third kappa shape index (κ3) is 4.21. The van der Waals surface area contributed by atoms with Crippen LogP contribution in [0.1, 0.15) is 48.8 Å². The number of anilines is 1. The Hall–Kier alpha value is -2.38. The SMILES string of the molecule is Cc1sc2c(c1C)C(c1ccc(Cl)cc1)=NC(CC(=O)OCC(C)C)C1=NNC(C)N12. The van der Waals surface area contributed by atoms with Gasteiger partial charge in [0.25, 0.3) is 0 Å². The number of benzene rings is 1. The number of nitrogens with zero attached hydrogens (tertiary/aromatic N) is 3. The van der Waals surface area contributed by atoms with E-state index in [-0.39, 0.29) is 24.5 Å². The molecule has 2 unspecified atom stereocenters. The van der Waals surface area contributed by atoms with E-state index in [0.717, 1.165) is 27.7 Å². The third-order valence-electron chi connectivity index (χ3n) is 5.46. The van der Waals surface area contributed by atoms with Gasteiger partial charge in [0, 0.05) is 21.0 Å². The van der Waals surface area contributed by atoms with Crippen molar-refractivity contribution in [1.82, 2.24) is 5.43 Å². The minimum absolute atomic E-state index is 0.0276. The number of thiophene rings is 1. The second-order valence-corrected chi connectivity index (χ2v) is 10.0. The average molecular weight is 459 g/mol. The minimum Gasteiger partial charge on any atom is -0.465 e. The van der Waals surface area contributed by atoms with Gasteiger partial charge in [-0.2, -0.15) is 5.10 Å². The lowest BCUT2D eigenvalue weighted by molar-refractivity contribution is -0.144. The van der Waals surface area contributed by atoms with Crippen LogP contribution in [0.2, 0.25) is 5.02 Å². The Kier molecular flexibility index (Phi) is 6.08. The fourth-order valence-corrected chi connectivity index (χ4v) is 5.13. The van der Waals surface area contributed by atoms with Crippen LogP contribution in [0.15, 0.2) is 34.4 Å². The van der Waals surface area contributed by atoms with E-state index >= 15 is 0 Å². The molecule has 6 nitrogen and oxygen atoms in total. The Balaban J connectivity index is 1.83. The van der Waals surface area contributed by atoms with Gasteiger partial charge in [0.1, 0.15) is 17.2 Å². The molecule has 1 N–H and O–H groups in total. The number of amidine groups is 1. The summed E-state index contributed by atoms with van der Waals surface area (Å²) in [6, 6.07) is 7.25. The molecule has 164 valence electrons. The van der Waals surface area contributed by atoms with Crippen molar-refractivity contribution < 1.29 is 9.53 Å². The summed E-state index contributed by atoms with van der Waals surface area (Å²) < 4.78 is 5.46. The van der Waals surface area contributed by atoms with Gasteiger partial charge in [0.05, 0.1) is 18.7 Å². The highest BCUT2D eigenvalue weighted by Crippen LogP contribution is 2.41. The summed E-state index contributed by atoms with van der Waals surface area (Å²) in [5, 5.41) is 6.34. The van der Waals surface area contributed by atoms with Crippen LogP contribution in [-0.2, 0) is 9.53 Å². The van der Waals surface area contributed by atoms with Crippen LogP contribution in [0, 0.1) is 19.8 Å². The van der Waals surface area contributed by atoms with Crippen molar-refractivity contribution in [3.05, 3.63) is 50.9 Å². The Morgan fingerprint density at radius 3 is 2.68 bits per heavy atom. The van der Waals surface area contributed by atoms with E-state index in [2.05, 4.69) is 36.2 Å². The van der Waals surface area contributed by atoms with E-state index in [4.69, 9.17) is 21.3 Å². The fraction of sp³-hybridized carbons (Fsp3) is 0.435. The summed E-state index contributed by atoms with van der Waals surface area (Å²) >= 11 is 7.87. The molecule has 3 heterocycles. The molecule has 0 amide bonds. The van der Waals surface area contributed by atoms with E-state index in [1.165, 1.54) is 10.4 Å². The number of carbonyl (C=O) groups is 1. The Morgan fingerprint density at radius 2 is 2.00 bits per heavy atom. The number of carbonyl (C=O) groups excluding carboxylic acids is 1. The lowest BCUT2D eigenvalue weighted by atomic mass is 9.99. The van der Waals surface area contributed by atoms with E-state index in [0.29, 0.717) is 11.6 Å². The fourth-order valence-electron chi connectivity index (χ4n) is 3.76. The first-order chi connectivity index (χ1) is 14.8. The number of aliphatic imine (C=N–C) groups is 1. The molecule has 0 bridgehead atoms. The highest BCUT2D eigenvalue weighted by atomic mass is 35.5. The monoisotopic (exact) mass is 458 g/mol. The van der Waals surface area contributed by atoms with Gasteiger partial charge in [-0.3, -0.25) is 20.1 Å². The van der Waals surface area contributed by atoms with Gasteiger partial charge in [-0.15, -0.1) is 11.3 Å². The van der Waals surface area contributed by atoms with Crippen LogP contribution in [0.4, 0.5) is 5.00 Å². The number of hydrazone groups is 1. The van der Waals surface area contributed by atoms with E-state index in [1.807, 2.05) is 38.1 Å². The topological polar surface area (TPSA) is 66.3 Å². The first kappa shape index (κ1) is 21.8. The molecule has 8 heteroatoms. The van der Waals surface area contributed by atoms with Gasteiger partial charge in [0.2, 0.25) is 0 Å². The second kappa shape index (κ2) is 8.63. The molecule has 0 spiro atoms. The zero-order valence-corrected chi connectivity index (χ0v) is 20.0. The van der Waals surface area contributed by atoms with Gasteiger partial charge >= 0.3 is 5.97 Å². The minimum atomic E-state index is -0.443. The number of hydrogen-bond acceptors (Lipinski definition) is 7. The van der Waals surface area contributed by atoms with Crippen LogP contribution >= 0.6 is 22.9 Å². The smallest absolute Gasteiger partial charge is 0.308 e. The summed E-state index contributed by atoms with van der Waals surface area (Å²) in [6.07, 6.45) is 0.112. The van der Waals surface area contributed by atoms with Crippen LogP contribution in [-0.4, -0.2) is 36.3 Å². The van der Waals surface area contributed by atoms with Gasteiger partial charge in [0.15, 0.2) is 5.84 Å². The first-order valence-electron chi connectivity index (χ1n) is 10.5. The number of aryl methyl sites for hydroxylation is 1. The summed E-state index contributed by atoms with van der Waals surface area (Å²) in [6.45, 7) is 10.8. The molecule has 2 atom stereocenters. The van der Waals surface area contributed by atoms with E-state index in [1.54, 1.807) is 11.3 Å². The highest BCUT2D eigenvalue weighted by molar-refractivity contribution is 7.17. The predicted octanol–water partition coefficient (Wildman–Crippen LogP) is 4.90. The van der Waals surface area contributed by atoms with Crippen molar-refractivity contribution in [2.24, 2.45) is 16.0 Å². The molecule has 0 fully saturated rings. The number of rotatable bonds is 5. The van der Waals surface area contributed by atoms with Crippen molar-refractivity contribution >= 4 is 45.5 Å². The molecule has 2 aromatic rings.